The monoisotopic (exact) mass is 483 g/mol. The highest BCUT2D eigenvalue weighted by Gasteiger charge is 2.26. The van der Waals surface area contributed by atoms with E-state index in [0.29, 0.717) is 42.5 Å². The van der Waals surface area contributed by atoms with Gasteiger partial charge in [-0.3, -0.25) is 0 Å². The molecular weight excluding hydrogens is 450 g/mol. The number of likely N-dealkylation sites (N-methyl/N-ethyl adjacent to an activating group) is 1. The van der Waals surface area contributed by atoms with Crippen LogP contribution in [0.4, 0.5) is 4.79 Å². The minimum atomic E-state index is -3.71. The summed E-state index contributed by atoms with van der Waals surface area (Å²) in [6.45, 7) is 8.37. The summed E-state index contributed by atoms with van der Waals surface area (Å²) in [5.41, 5.74) is 1.29. The zero-order valence-corrected chi connectivity index (χ0v) is 21.1. The molecule has 0 atom stereocenters. The van der Waals surface area contributed by atoms with Crippen molar-refractivity contribution in [3.05, 3.63) is 46.7 Å². The zero-order chi connectivity index (χ0) is 23.9. The fraction of sp³-hybridized carbons (Fsp3) is 0.545. The maximum atomic E-state index is 13.2. The first-order chi connectivity index (χ1) is 15.0. The highest BCUT2D eigenvalue weighted by molar-refractivity contribution is 7.90. The Hall–Kier alpha value is -2.10. The van der Waals surface area contributed by atoms with E-state index in [2.05, 4.69) is 10.3 Å². The molecule has 32 heavy (non-hydrogen) atoms. The molecule has 2 aromatic rings. The Morgan fingerprint density at radius 1 is 1.25 bits per heavy atom. The van der Waals surface area contributed by atoms with Gasteiger partial charge in [0.15, 0.2) is 0 Å². The molecule has 1 heterocycles. The number of benzene rings is 1. The highest BCUT2D eigenvalue weighted by Crippen LogP contribution is 2.21. The van der Waals surface area contributed by atoms with Crippen LogP contribution in [-0.4, -0.2) is 67.5 Å². The maximum Gasteiger partial charge on any atom is 0.317 e. The van der Waals surface area contributed by atoms with E-state index < -0.39 is 9.84 Å². The van der Waals surface area contributed by atoms with Crippen LogP contribution >= 0.6 is 11.6 Å². The van der Waals surface area contributed by atoms with Crippen molar-refractivity contribution < 1.29 is 13.2 Å². The number of rotatable bonds is 11. The lowest BCUT2D eigenvalue weighted by Gasteiger charge is -2.25. The van der Waals surface area contributed by atoms with Crippen LogP contribution in [0.15, 0.2) is 35.6 Å². The smallest absolute Gasteiger partial charge is 0.317 e. The number of carbonyl (C=O) groups is 1. The van der Waals surface area contributed by atoms with Crippen LogP contribution in [0.25, 0.3) is 0 Å². The Balaban J connectivity index is 2.38. The molecule has 0 aliphatic heterocycles. The Morgan fingerprint density at radius 2 is 1.97 bits per heavy atom. The highest BCUT2D eigenvalue weighted by atomic mass is 35.5. The number of sulfone groups is 1. The van der Waals surface area contributed by atoms with Crippen molar-refractivity contribution in [2.45, 2.75) is 44.8 Å². The molecule has 0 saturated heterocycles. The number of halogens is 1. The fourth-order valence-corrected chi connectivity index (χ4v) is 4.97. The third-order valence-electron chi connectivity index (χ3n) is 4.76. The first-order valence-corrected chi connectivity index (χ1v) is 12.8. The summed E-state index contributed by atoms with van der Waals surface area (Å²) in [6.07, 6.45) is 1.56. The van der Waals surface area contributed by atoms with E-state index >= 15 is 0 Å². The second-order valence-corrected chi connectivity index (χ2v) is 10.8. The van der Waals surface area contributed by atoms with Crippen LogP contribution < -0.4 is 5.32 Å². The molecule has 8 nitrogen and oxygen atoms in total. The van der Waals surface area contributed by atoms with E-state index in [0.717, 1.165) is 0 Å². The molecule has 10 heteroatoms. The number of carbonyl (C=O) groups excluding carboxylic acids is 1. The van der Waals surface area contributed by atoms with Gasteiger partial charge in [-0.15, -0.1) is 0 Å². The second-order valence-electron chi connectivity index (χ2n) is 8.49. The van der Waals surface area contributed by atoms with Crippen LogP contribution in [0.5, 0.6) is 0 Å². The molecule has 0 aliphatic carbocycles. The molecule has 2 amide bonds. The molecule has 0 bridgehead atoms. The average Bonchev–Trinajstić information content (AvgIpc) is 3.07. The molecule has 178 valence electrons. The van der Waals surface area contributed by atoms with Gasteiger partial charge in [0.1, 0.15) is 0 Å². The van der Waals surface area contributed by atoms with Crippen molar-refractivity contribution in [1.29, 1.82) is 0 Å². The van der Waals surface area contributed by atoms with Gasteiger partial charge in [0.05, 0.1) is 24.2 Å². The summed E-state index contributed by atoms with van der Waals surface area (Å²) in [5.74, 6) is 0.00531. The molecular formula is C22H34ClN5O3S. The zero-order valence-electron chi connectivity index (χ0n) is 19.5. The van der Waals surface area contributed by atoms with Gasteiger partial charge in [0.2, 0.25) is 15.0 Å². The maximum absolute atomic E-state index is 13.2. The SMILES string of the molecule is CCNC(=O)N(CCN(C)C)Cc1cnc(S(=O)(=O)Cc2cccc(Cl)c2)n1CC(C)C. The molecule has 0 spiro atoms. The van der Waals surface area contributed by atoms with E-state index in [1.54, 1.807) is 39.9 Å². The predicted octanol–water partition coefficient (Wildman–Crippen LogP) is 3.26. The van der Waals surface area contributed by atoms with Gasteiger partial charge in [-0.05, 0) is 44.6 Å². The molecule has 0 saturated carbocycles. The predicted molar refractivity (Wildman–Crippen MR) is 127 cm³/mol. The fourth-order valence-electron chi connectivity index (χ4n) is 3.27. The summed E-state index contributed by atoms with van der Waals surface area (Å²) < 4.78 is 28.2. The Labute approximate surface area is 196 Å². The van der Waals surface area contributed by atoms with Gasteiger partial charge in [0, 0.05) is 31.2 Å². The van der Waals surface area contributed by atoms with Crippen molar-refractivity contribution in [2.24, 2.45) is 5.92 Å². The Morgan fingerprint density at radius 3 is 2.56 bits per heavy atom. The lowest BCUT2D eigenvalue weighted by atomic mass is 10.2. The third kappa shape index (κ3) is 7.50. The summed E-state index contributed by atoms with van der Waals surface area (Å²) in [7, 11) is 0.176. The van der Waals surface area contributed by atoms with E-state index in [4.69, 9.17) is 11.6 Å². The minimum absolute atomic E-state index is 0.0182. The first-order valence-electron chi connectivity index (χ1n) is 10.7. The summed E-state index contributed by atoms with van der Waals surface area (Å²) >= 11 is 6.03. The molecule has 2 rings (SSSR count). The van der Waals surface area contributed by atoms with Gasteiger partial charge in [-0.1, -0.05) is 37.6 Å². The van der Waals surface area contributed by atoms with Crippen molar-refractivity contribution in [3.8, 4) is 0 Å². The molecule has 0 radical (unpaired) electrons. The summed E-state index contributed by atoms with van der Waals surface area (Å²) in [6, 6.07) is 6.63. The number of urea groups is 1. The standard InChI is InChI=1S/C22H34ClN5O3S/c1-6-24-21(29)27(11-10-26(4)5)15-20-13-25-22(28(20)14-17(2)3)32(30,31)16-18-8-7-9-19(23)12-18/h7-9,12-13,17H,6,10-11,14-16H2,1-5H3,(H,24,29). The van der Waals surface area contributed by atoms with Crippen LogP contribution in [0.2, 0.25) is 5.02 Å². The normalized spacial score (nSPS) is 11.9. The Bertz CT molecular complexity index is 1000. The molecule has 1 aromatic heterocycles. The largest absolute Gasteiger partial charge is 0.338 e. The minimum Gasteiger partial charge on any atom is -0.338 e. The van der Waals surface area contributed by atoms with E-state index in [9.17, 15) is 13.2 Å². The number of nitrogens with zero attached hydrogens (tertiary/aromatic N) is 4. The average molecular weight is 484 g/mol. The Kier molecular flexibility index (Phi) is 9.54. The number of nitrogens with one attached hydrogen (secondary N) is 1. The van der Waals surface area contributed by atoms with Crippen molar-refractivity contribution in [2.75, 3.05) is 33.7 Å². The van der Waals surface area contributed by atoms with Gasteiger partial charge in [-0.2, -0.15) is 0 Å². The van der Waals surface area contributed by atoms with Crippen LogP contribution in [0.3, 0.4) is 0 Å². The molecule has 0 aliphatic rings. The van der Waals surface area contributed by atoms with Crippen molar-refractivity contribution in [3.63, 3.8) is 0 Å². The van der Waals surface area contributed by atoms with E-state index in [1.807, 2.05) is 39.8 Å². The van der Waals surface area contributed by atoms with E-state index in [1.165, 1.54) is 0 Å². The number of hydrogen-bond donors (Lipinski definition) is 1. The van der Waals surface area contributed by atoms with Gasteiger partial charge in [-0.25, -0.2) is 18.2 Å². The van der Waals surface area contributed by atoms with E-state index in [-0.39, 0.29) is 29.4 Å². The molecule has 1 N–H and O–H groups in total. The lowest BCUT2D eigenvalue weighted by molar-refractivity contribution is 0.187. The lowest BCUT2D eigenvalue weighted by Crippen LogP contribution is -2.43. The number of imidazole rings is 1. The molecule has 1 aromatic carbocycles. The number of aromatic nitrogens is 2. The second kappa shape index (κ2) is 11.7. The number of amides is 2. The van der Waals surface area contributed by atoms with Crippen LogP contribution in [0.1, 0.15) is 32.0 Å². The third-order valence-corrected chi connectivity index (χ3v) is 6.59. The molecule has 0 unspecified atom stereocenters. The topological polar surface area (TPSA) is 87.5 Å². The van der Waals surface area contributed by atoms with Gasteiger partial charge < -0.3 is 19.7 Å². The van der Waals surface area contributed by atoms with Crippen molar-refractivity contribution >= 4 is 27.5 Å². The number of hydrogen-bond acceptors (Lipinski definition) is 5. The quantitative estimate of drug-likeness (QED) is 0.530. The summed E-state index contributed by atoms with van der Waals surface area (Å²) in [4.78, 5) is 20.6. The summed E-state index contributed by atoms with van der Waals surface area (Å²) in [5, 5.41) is 3.34. The van der Waals surface area contributed by atoms with Crippen molar-refractivity contribution in [1.82, 2.24) is 24.7 Å². The van der Waals surface area contributed by atoms with Crippen LogP contribution in [-0.2, 0) is 28.7 Å². The van der Waals surface area contributed by atoms with Gasteiger partial charge in [0.25, 0.3) is 0 Å². The van der Waals surface area contributed by atoms with Crippen LogP contribution in [0, 0.1) is 5.92 Å². The first kappa shape index (κ1) is 26.2. The molecule has 0 fully saturated rings. The van der Waals surface area contributed by atoms with Gasteiger partial charge >= 0.3 is 6.03 Å².